The van der Waals surface area contributed by atoms with Crippen molar-refractivity contribution in [1.82, 2.24) is 4.98 Å². The quantitative estimate of drug-likeness (QED) is 0.903. The van der Waals surface area contributed by atoms with E-state index < -0.39 is 5.60 Å². The van der Waals surface area contributed by atoms with Gasteiger partial charge in [0.2, 0.25) is 0 Å². The van der Waals surface area contributed by atoms with Crippen LogP contribution in [0.1, 0.15) is 43.8 Å². The summed E-state index contributed by atoms with van der Waals surface area (Å²) in [6.07, 6.45) is 3.01. The number of aryl methyl sites for hydroxylation is 1. The Morgan fingerprint density at radius 1 is 1.59 bits per heavy atom. The van der Waals surface area contributed by atoms with Gasteiger partial charge in [-0.2, -0.15) is 0 Å². The first-order valence-electron chi connectivity index (χ1n) is 6.22. The Morgan fingerprint density at radius 3 is 2.94 bits per heavy atom. The lowest BCUT2D eigenvalue weighted by Crippen LogP contribution is -2.48. The molecule has 1 aliphatic rings. The van der Waals surface area contributed by atoms with Crippen molar-refractivity contribution in [3.8, 4) is 0 Å². The average molecular weight is 255 g/mol. The van der Waals surface area contributed by atoms with E-state index in [-0.39, 0.29) is 5.60 Å². The van der Waals surface area contributed by atoms with Crippen LogP contribution in [0.2, 0.25) is 0 Å². The van der Waals surface area contributed by atoms with E-state index in [0.29, 0.717) is 25.9 Å². The zero-order valence-corrected chi connectivity index (χ0v) is 11.6. The molecule has 0 amide bonds. The van der Waals surface area contributed by atoms with Crippen molar-refractivity contribution in [3.63, 3.8) is 0 Å². The highest BCUT2D eigenvalue weighted by Crippen LogP contribution is 2.36. The molecule has 1 fully saturated rings. The van der Waals surface area contributed by atoms with Crippen LogP contribution in [0.4, 0.5) is 0 Å². The lowest BCUT2D eigenvalue weighted by molar-refractivity contribution is -0.152. The maximum absolute atomic E-state index is 10.7. The van der Waals surface area contributed by atoms with Crippen LogP contribution in [0.5, 0.6) is 0 Å². The second kappa shape index (κ2) is 4.67. The van der Waals surface area contributed by atoms with E-state index in [0.717, 1.165) is 17.1 Å². The first-order valence-corrected chi connectivity index (χ1v) is 7.10. The summed E-state index contributed by atoms with van der Waals surface area (Å²) in [4.78, 5) is 4.44. The molecule has 0 spiro atoms. The third kappa shape index (κ3) is 3.06. The highest BCUT2D eigenvalue weighted by Gasteiger charge is 2.41. The summed E-state index contributed by atoms with van der Waals surface area (Å²) in [5.41, 5.74) is 0.214. The Morgan fingerprint density at radius 2 is 2.35 bits per heavy atom. The van der Waals surface area contributed by atoms with E-state index in [4.69, 9.17) is 4.74 Å². The molecule has 0 radical (unpaired) electrons. The van der Waals surface area contributed by atoms with Crippen molar-refractivity contribution in [2.24, 2.45) is 0 Å². The Kier molecular flexibility index (Phi) is 3.57. The number of aromatic nitrogens is 1. The third-order valence-electron chi connectivity index (χ3n) is 3.62. The van der Waals surface area contributed by atoms with Crippen molar-refractivity contribution in [2.75, 3.05) is 6.61 Å². The number of rotatable bonds is 3. The second-order valence-corrected chi connectivity index (χ2v) is 6.31. The zero-order valence-electron chi connectivity index (χ0n) is 10.8. The monoisotopic (exact) mass is 255 g/mol. The minimum Gasteiger partial charge on any atom is -0.389 e. The molecule has 0 saturated carbocycles. The van der Waals surface area contributed by atoms with Crippen molar-refractivity contribution in [1.29, 1.82) is 0 Å². The molecule has 2 atom stereocenters. The number of aliphatic hydroxyl groups is 1. The van der Waals surface area contributed by atoms with E-state index in [1.54, 1.807) is 11.3 Å². The highest BCUT2D eigenvalue weighted by atomic mass is 32.1. The second-order valence-electron chi connectivity index (χ2n) is 5.36. The summed E-state index contributed by atoms with van der Waals surface area (Å²) >= 11 is 1.64. The van der Waals surface area contributed by atoms with Crippen molar-refractivity contribution < 1.29 is 9.84 Å². The normalized spacial score (nSPS) is 33.9. The van der Waals surface area contributed by atoms with E-state index in [9.17, 15) is 5.11 Å². The predicted octanol–water partition coefficient (Wildman–Crippen LogP) is 2.70. The number of nitrogens with zero attached hydrogens (tertiary/aromatic N) is 1. The fourth-order valence-electron chi connectivity index (χ4n) is 2.47. The van der Waals surface area contributed by atoms with Crippen LogP contribution in [-0.2, 0) is 11.2 Å². The largest absolute Gasteiger partial charge is 0.389 e. The predicted molar refractivity (Wildman–Crippen MR) is 69.4 cm³/mol. The molecular weight excluding hydrogens is 234 g/mol. The Bertz CT molecular complexity index is 393. The molecule has 1 N–H and O–H groups in total. The van der Waals surface area contributed by atoms with Gasteiger partial charge in [-0.15, -0.1) is 11.3 Å². The third-order valence-corrected chi connectivity index (χ3v) is 4.58. The number of hydrogen-bond acceptors (Lipinski definition) is 4. The van der Waals surface area contributed by atoms with Gasteiger partial charge in [-0.1, -0.05) is 6.92 Å². The molecule has 1 aliphatic heterocycles. The smallest absolute Gasteiger partial charge is 0.0956 e. The van der Waals surface area contributed by atoms with Crippen molar-refractivity contribution in [3.05, 3.63) is 16.1 Å². The van der Waals surface area contributed by atoms with Gasteiger partial charge in [-0.05, 0) is 20.3 Å². The molecular formula is C13H21NO2S. The maximum Gasteiger partial charge on any atom is 0.0956 e. The number of hydrogen-bond donors (Lipinski definition) is 1. The minimum absolute atomic E-state index is 0.181. The van der Waals surface area contributed by atoms with Gasteiger partial charge < -0.3 is 9.84 Å². The molecule has 2 rings (SSSR count). The number of ether oxygens (including phenoxy) is 1. The van der Waals surface area contributed by atoms with Gasteiger partial charge in [0.05, 0.1) is 22.8 Å². The number of thiazole rings is 1. The molecule has 17 heavy (non-hydrogen) atoms. The van der Waals surface area contributed by atoms with E-state index in [1.165, 1.54) is 0 Å². The summed E-state index contributed by atoms with van der Waals surface area (Å²) in [5.74, 6) is 0. The molecule has 2 heterocycles. The van der Waals surface area contributed by atoms with Crippen molar-refractivity contribution >= 4 is 11.3 Å². The molecule has 2 unspecified atom stereocenters. The van der Waals surface area contributed by atoms with E-state index in [1.807, 2.05) is 12.3 Å². The Balaban J connectivity index is 2.08. The van der Waals surface area contributed by atoms with E-state index >= 15 is 0 Å². The van der Waals surface area contributed by atoms with Gasteiger partial charge in [0.1, 0.15) is 0 Å². The highest BCUT2D eigenvalue weighted by molar-refractivity contribution is 7.09. The molecule has 3 nitrogen and oxygen atoms in total. The Labute approximate surface area is 107 Å². The molecule has 96 valence electrons. The van der Waals surface area contributed by atoms with Crippen LogP contribution < -0.4 is 0 Å². The standard InChI is InChI=1S/C13H21NO2S/c1-4-12(3)9-13(15,5-6-16-12)7-11-14-10(2)8-17-11/h8,15H,4-7,9H2,1-3H3. The van der Waals surface area contributed by atoms with Gasteiger partial charge in [0, 0.05) is 30.3 Å². The topological polar surface area (TPSA) is 42.4 Å². The van der Waals surface area contributed by atoms with Crippen LogP contribution in [0, 0.1) is 6.92 Å². The summed E-state index contributed by atoms with van der Waals surface area (Å²) in [5, 5.41) is 13.8. The SMILES string of the molecule is CCC1(C)CC(O)(Cc2nc(C)cs2)CCO1. The summed E-state index contributed by atoms with van der Waals surface area (Å²) in [7, 11) is 0. The molecule has 1 aromatic rings. The Hall–Kier alpha value is -0.450. The molecule has 1 saturated heterocycles. The minimum atomic E-state index is -0.646. The first-order chi connectivity index (χ1) is 7.95. The molecule has 0 aromatic carbocycles. The van der Waals surface area contributed by atoms with Crippen LogP contribution in [0.25, 0.3) is 0 Å². The van der Waals surface area contributed by atoms with Gasteiger partial charge in [0.15, 0.2) is 0 Å². The van der Waals surface area contributed by atoms with Gasteiger partial charge in [0.25, 0.3) is 0 Å². The average Bonchev–Trinajstić information content (AvgIpc) is 2.63. The van der Waals surface area contributed by atoms with Gasteiger partial charge in [-0.3, -0.25) is 0 Å². The van der Waals surface area contributed by atoms with Crippen LogP contribution in [0.15, 0.2) is 5.38 Å². The summed E-state index contributed by atoms with van der Waals surface area (Å²) < 4.78 is 5.78. The van der Waals surface area contributed by atoms with Crippen molar-refractivity contribution in [2.45, 2.75) is 57.7 Å². The van der Waals surface area contributed by atoms with Crippen LogP contribution in [-0.4, -0.2) is 27.9 Å². The van der Waals surface area contributed by atoms with E-state index in [2.05, 4.69) is 18.8 Å². The lowest BCUT2D eigenvalue weighted by atomic mass is 9.80. The van der Waals surface area contributed by atoms with Crippen LogP contribution in [0.3, 0.4) is 0 Å². The van der Waals surface area contributed by atoms with Gasteiger partial charge in [-0.25, -0.2) is 4.98 Å². The fourth-order valence-corrected chi connectivity index (χ4v) is 3.37. The molecule has 0 bridgehead atoms. The maximum atomic E-state index is 10.7. The summed E-state index contributed by atoms with van der Waals surface area (Å²) in [6.45, 7) is 6.83. The molecule has 4 heteroatoms. The zero-order chi connectivity index (χ0) is 12.5. The molecule has 0 aliphatic carbocycles. The summed E-state index contributed by atoms with van der Waals surface area (Å²) in [6, 6.07) is 0. The lowest BCUT2D eigenvalue weighted by Gasteiger charge is -2.42. The first kappa shape index (κ1) is 13.0. The van der Waals surface area contributed by atoms with Crippen LogP contribution >= 0.6 is 11.3 Å². The van der Waals surface area contributed by atoms with Gasteiger partial charge >= 0.3 is 0 Å². The molecule has 1 aromatic heterocycles. The fraction of sp³-hybridized carbons (Fsp3) is 0.769.